The van der Waals surface area contributed by atoms with Gasteiger partial charge in [0, 0.05) is 12.6 Å². The van der Waals surface area contributed by atoms with Gasteiger partial charge in [0.1, 0.15) is 0 Å². The van der Waals surface area contributed by atoms with E-state index in [0.717, 1.165) is 17.7 Å². The van der Waals surface area contributed by atoms with Gasteiger partial charge in [0.25, 0.3) is 0 Å². The smallest absolute Gasteiger partial charge is 0.0685 e. The zero-order valence-corrected chi connectivity index (χ0v) is 12.8. The molecule has 2 nitrogen and oxygen atoms in total. The average molecular weight is 291 g/mol. The second kappa shape index (κ2) is 6.73. The van der Waals surface area contributed by atoms with Gasteiger partial charge in [-0.3, -0.25) is 0 Å². The Bertz CT molecular complexity index is 761. The van der Waals surface area contributed by atoms with Gasteiger partial charge in [-0.25, -0.2) is 0 Å². The third-order valence-corrected chi connectivity index (χ3v) is 4.18. The summed E-state index contributed by atoms with van der Waals surface area (Å²) in [5.41, 5.74) is 3.44. The van der Waals surface area contributed by atoms with E-state index in [1.165, 1.54) is 16.3 Å². The first-order valence-corrected chi connectivity index (χ1v) is 7.68. The molecule has 3 rings (SSSR count). The van der Waals surface area contributed by atoms with Crippen LogP contribution in [-0.4, -0.2) is 5.11 Å². The lowest BCUT2D eigenvalue weighted by molar-refractivity contribution is 0.280. The lowest BCUT2D eigenvalue weighted by atomic mass is 9.99. The molecule has 0 aliphatic carbocycles. The fourth-order valence-corrected chi connectivity index (χ4v) is 2.89. The Balaban J connectivity index is 1.80. The number of hydrogen-bond acceptors (Lipinski definition) is 2. The maximum absolute atomic E-state index is 9.41. The van der Waals surface area contributed by atoms with E-state index in [1.807, 2.05) is 18.2 Å². The molecule has 3 aromatic rings. The second-order valence-corrected chi connectivity index (χ2v) is 5.60. The summed E-state index contributed by atoms with van der Waals surface area (Å²) in [5.74, 6) is 0. The van der Waals surface area contributed by atoms with Crippen molar-refractivity contribution in [2.45, 2.75) is 26.1 Å². The van der Waals surface area contributed by atoms with Crippen molar-refractivity contribution in [2.75, 3.05) is 0 Å². The molecule has 0 fully saturated rings. The van der Waals surface area contributed by atoms with Crippen molar-refractivity contribution in [3.05, 3.63) is 83.4 Å². The molecule has 112 valence electrons. The van der Waals surface area contributed by atoms with E-state index < -0.39 is 0 Å². The van der Waals surface area contributed by atoms with Crippen LogP contribution in [0.15, 0.2) is 66.7 Å². The Morgan fingerprint density at radius 1 is 0.864 bits per heavy atom. The van der Waals surface area contributed by atoms with Crippen LogP contribution in [0.2, 0.25) is 0 Å². The maximum Gasteiger partial charge on any atom is 0.0685 e. The number of fused-ring (bicyclic) bond motifs is 1. The van der Waals surface area contributed by atoms with Crippen LogP contribution in [0.4, 0.5) is 0 Å². The molecule has 0 aliphatic rings. The molecule has 2 N–H and O–H groups in total. The van der Waals surface area contributed by atoms with Crippen LogP contribution in [0.25, 0.3) is 10.8 Å². The molecule has 0 heterocycles. The van der Waals surface area contributed by atoms with E-state index in [9.17, 15) is 5.11 Å². The van der Waals surface area contributed by atoms with Crippen molar-refractivity contribution in [1.82, 2.24) is 5.32 Å². The van der Waals surface area contributed by atoms with Gasteiger partial charge in [-0.15, -0.1) is 0 Å². The first kappa shape index (κ1) is 14.8. The highest BCUT2D eigenvalue weighted by Gasteiger charge is 2.09. The summed E-state index contributed by atoms with van der Waals surface area (Å²) in [4.78, 5) is 0. The Kier molecular flexibility index (Phi) is 4.52. The van der Waals surface area contributed by atoms with Crippen LogP contribution in [0.1, 0.15) is 29.7 Å². The summed E-state index contributed by atoms with van der Waals surface area (Å²) >= 11 is 0. The number of nitrogens with one attached hydrogen (secondary N) is 1. The highest BCUT2D eigenvalue weighted by atomic mass is 16.3. The fraction of sp³-hybridized carbons (Fsp3) is 0.200. The largest absolute Gasteiger partial charge is 0.392 e. The molecule has 0 amide bonds. The summed E-state index contributed by atoms with van der Waals surface area (Å²) in [6, 6.07) is 23.2. The van der Waals surface area contributed by atoms with E-state index in [-0.39, 0.29) is 12.6 Å². The maximum atomic E-state index is 9.41. The number of hydrogen-bond donors (Lipinski definition) is 2. The molecule has 2 heteroatoms. The molecule has 0 aliphatic heterocycles. The summed E-state index contributed by atoms with van der Waals surface area (Å²) in [6.45, 7) is 3.02. The molecule has 0 saturated carbocycles. The third-order valence-electron chi connectivity index (χ3n) is 4.18. The van der Waals surface area contributed by atoms with Crippen molar-refractivity contribution in [3.8, 4) is 0 Å². The average Bonchev–Trinajstić information content (AvgIpc) is 2.59. The molecule has 0 saturated heterocycles. The van der Waals surface area contributed by atoms with Crippen LogP contribution < -0.4 is 5.32 Å². The number of aliphatic hydroxyl groups excluding tert-OH is 1. The molecular weight excluding hydrogens is 270 g/mol. The molecule has 1 atom stereocenters. The first-order valence-electron chi connectivity index (χ1n) is 7.68. The molecule has 3 aromatic carbocycles. The minimum atomic E-state index is 0.0838. The van der Waals surface area contributed by atoms with Crippen molar-refractivity contribution in [2.24, 2.45) is 0 Å². The molecule has 22 heavy (non-hydrogen) atoms. The Morgan fingerprint density at radius 3 is 2.36 bits per heavy atom. The standard InChI is InChI=1S/C20H21NO/c1-15(21-13-17-8-2-3-9-18(17)14-22)19-12-6-10-16-7-4-5-11-20(16)19/h2-12,15,21-22H,13-14H2,1H3. The first-order chi connectivity index (χ1) is 10.8. The SMILES string of the molecule is CC(NCc1ccccc1CO)c1cccc2ccccc12. The fourth-order valence-electron chi connectivity index (χ4n) is 2.89. The van der Waals surface area contributed by atoms with Crippen molar-refractivity contribution >= 4 is 10.8 Å². The van der Waals surface area contributed by atoms with Gasteiger partial charge in [0.05, 0.1) is 6.61 Å². The topological polar surface area (TPSA) is 32.3 Å². The van der Waals surface area contributed by atoms with Gasteiger partial charge < -0.3 is 10.4 Å². The van der Waals surface area contributed by atoms with E-state index in [4.69, 9.17) is 0 Å². The van der Waals surface area contributed by atoms with E-state index in [2.05, 4.69) is 60.8 Å². The zero-order chi connectivity index (χ0) is 15.4. The van der Waals surface area contributed by atoms with E-state index >= 15 is 0 Å². The monoisotopic (exact) mass is 291 g/mol. The predicted molar refractivity (Wildman–Crippen MR) is 91.6 cm³/mol. The normalized spacial score (nSPS) is 12.5. The molecular formula is C20H21NO. The summed E-state index contributed by atoms with van der Waals surface area (Å²) < 4.78 is 0. The van der Waals surface area contributed by atoms with E-state index in [0.29, 0.717) is 0 Å². The zero-order valence-electron chi connectivity index (χ0n) is 12.8. The summed E-state index contributed by atoms with van der Waals surface area (Å²) in [7, 11) is 0. The Labute approximate surface area is 131 Å². The Morgan fingerprint density at radius 2 is 1.55 bits per heavy atom. The Hall–Kier alpha value is -2.16. The van der Waals surface area contributed by atoms with Gasteiger partial charge in [-0.2, -0.15) is 0 Å². The van der Waals surface area contributed by atoms with Gasteiger partial charge >= 0.3 is 0 Å². The lowest BCUT2D eigenvalue weighted by Gasteiger charge is -2.17. The minimum Gasteiger partial charge on any atom is -0.392 e. The van der Waals surface area contributed by atoms with Crippen LogP contribution in [0.3, 0.4) is 0 Å². The lowest BCUT2D eigenvalue weighted by Crippen LogP contribution is -2.19. The van der Waals surface area contributed by atoms with Crippen molar-refractivity contribution < 1.29 is 5.11 Å². The number of benzene rings is 3. The van der Waals surface area contributed by atoms with Crippen molar-refractivity contribution in [3.63, 3.8) is 0 Å². The predicted octanol–water partition coefficient (Wildman–Crippen LogP) is 4.18. The highest BCUT2D eigenvalue weighted by Crippen LogP contribution is 2.24. The third kappa shape index (κ3) is 3.03. The number of rotatable bonds is 5. The van der Waals surface area contributed by atoms with Crippen molar-refractivity contribution in [1.29, 1.82) is 0 Å². The molecule has 0 spiro atoms. The van der Waals surface area contributed by atoms with E-state index in [1.54, 1.807) is 0 Å². The van der Waals surface area contributed by atoms with Gasteiger partial charge in [-0.1, -0.05) is 66.7 Å². The van der Waals surface area contributed by atoms with Crippen LogP contribution in [0, 0.1) is 0 Å². The molecule has 1 unspecified atom stereocenters. The molecule has 0 aromatic heterocycles. The highest BCUT2D eigenvalue weighted by molar-refractivity contribution is 5.86. The number of aliphatic hydroxyl groups is 1. The van der Waals surface area contributed by atoms with Gasteiger partial charge in [0.15, 0.2) is 0 Å². The van der Waals surface area contributed by atoms with Crippen LogP contribution >= 0.6 is 0 Å². The quantitative estimate of drug-likeness (QED) is 0.739. The van der Waals surface area contributed by atoms with Gasteiger partial charge in [-0.05, 0) is 34.4 Å². The van der Waals surface area contributed by atoms with Crippen LogP contribution in [0.5, 0.6) is 0 Å². The summed E-state index contributed by atoms with van der Waals surface area (Å²) in [6.07, 6.45) is 0. The molecule has 0 bridgehead atoms. The van der Waals surface area contributed by atoms with Crippen LogP contribution in [-0.2, 0) is 13.2 Å². The molecule has 0 radical (unpaired) electrons. The summed E-state index contributed by atoms with van der Waals surface area (Å²) in [5, 5.41) is 15.5. The van der Waals surface area contributed by atoms with Gasteiger partial charge in [0.2, 0.25) is 0 Å². The second-order valence-electron chi connectivity index (χ2n) is 5.60. The minimum absolute atomic E-state index is 0.0838.